The van der Waals surface area contributed by atoms with Crippen LogP contribution in [0.4, 0.5) is 0 Å². The number of benzene rings is 2. The molecule has 34 heavy (non-hydrogen) atoms. The van der Waals surface area contributed by atoms with Gasteiger partial charge in [-0.2, -0.15) is 4.31 Å². The molecule has 1 heterocycles. The summed E-state index contributed by atoms with van der Waals surface area (Å²) in [5.74, 6) is 0.356. The molecule has 7 nitrogen and oxygen atoms in total. The monoisotopic (exact) mass is 485 g/mol. The molecule has 1 saturated heterocycles. The molecule has 1 aliphatic heterocycles. The minimum atomic E-state index is -3.57. The molecule has 1 amide bonds. The smallest absolute Gasteiger partial charge is 0.260 e. The highest BCUT2D eigenvalue weighted by molar-refractivity contribution is 7.89. The molecule has 184 valence electrons. The Labute approximate surface area is 203 Å². The largest absolute Gasteiger partial charge is 0.481 e. The summed E-state index contributed by atoms with van der Waals surface area (Å²) in [5, 5.41) is 3.07. The van der Waals surface area contributed by atoms with Crippen LogP contribution in [0.3, 0.4) is 0 Å². The number of hydrogen-bond donors (Lipinski definition) is 1. The maximum absolute atomic E-state index is 13.1. The number of carbonyl (C=O) groups excluding carboxylic acids is 1. The van der Waals surface area contributed by atoms with Gasteiger partial charge in [0.15, 0.2) is 6.10 Å². The molecule has 0 spiro atoms. The van der Waals surface area contributed by atoms with E-state index in [1.54, 1.807) is 35.5 Å². The van der Waals surface area contributed by atoms with Crippen LogP contribution >= 0.6 is 0 Å². The van der Waals surface area contributed by atoms with Crippen molar-refractivity contribution in [2.75, 3.05) is 26.2 Å². The highest BCUT2D eigenvalue weighted by atomic mass is 32.2. The molecule has 0 bridgehead atoms. The standard InChI is InChI=1S/C26H35N3O4S/c1-21(26(30)27-23-10-6-3-7-11-23)33-24-12-14-25(15-13-24)34(31,32)29-18-16-28(17-19-29)20-22-8-4-2-5-9-22/h2,4-5,8-9,12-15,21,23H,3,6-7,10-11,16-20H2,1H3,(H,27,30)/t21-/m0/s1. The third-order valence-electron chi connectivity index (χ3n) is 6.68. The molecular formula is C26H35N3O4S. The van der Waals surface area contributed by atoms with Gasteiger partial charge in [-0.15, -0.1) is 0 Å². The molecule has 0 aromatic heterocycles. The third-order valence-corrected chi connectivity index (χ3v) is 8.59. The third kappa shape index (κ3) is 6.37. The zero-order valence-electron chi connectivity index (χ0n) is 19.9. The van der Waals surface area contributed by atoms with Crippen LogP contribution in [0.2, 0.25) is 0 Å². The van der Waals surface area contributed by atoms with Gasteiger partial charge in [-0.3, -0.25) is 9.69 Å². The van der Waals surface area contributed by atoms with Crippen molar-refractivity contribution in [3.05, 3.63) is 60.2 Å². The quantitative estimate of drug-likeness (QED) is 0.620. The van der Waals surface area contributed by atoms with Gasteiger partial charge in [-0.05, 0) is 49.6 Å². The van der Waals surface area contributed by atoms with E-state index in [9.17, 15) is 13.2 Å². The lowest BCUT2D eigenvalue weighted by Gasteiger charge is -2.34. The fourth-order valence-corrected chi connectivity index (χ4v) is 6.05. The van der Waals surface area contributed by atoms with E-state index in [-0.39, 0.29) is 16.8 Å². The molecule has 1 N–H and O–H groups in total. The maximum atomic E-state index is 13.1. The molecule has 4 rings (SSSR count). The first-order chi connectivity index (χ1) is 16.4. The average Bonchev–Trinajstić information content (AvgIpc) is 2.86. The number of nitrogens with zero attached hydrogens (tertiary/aromatic N) is 2. The molecule has 0 radical (unpaired) electrons. The summed E-state index contributed by atoms with van der Waals surface area (Å²) in [7, 11) is -3.57. The van der Waals surface area contributed by atoms with Crippen molar-refractivity contribution in [1.82, 2.24) is 14.5 Å². The number of amides is 1. The van der Waals surface area contributed by atoms with Crippen molar-refractivity contribution < 1.29 is 17.9 Å². The lowest BCUT2D eigenvalue weighted by molar-refractivity contribution is -0.128. The van der Waals surface area contributed by atoms with Crippen molar-refractivity contribution in [1.29, 1.82) is 0 Å². The van der Waals surface area contributed by atoms with Gasteiger partial charge >= 0.3 is 0 Å². The van der Waals surface area contributed by atoms with E-state index in [1.807, 2.05) is 18.2 Å². The Morgan fingerprint density at radius 3 is 2.26 bits per heavy atom. The van der Waals surface area contributed by atoms with Crippen LogP contribution in [0.15, 0.2) is 59.5 Å². The highest BCUT2D eigenvalue weighted by Gasteiger charge is 2.28. The predicted molar refractivity (Wildman–Crippen MR) is 132 cm³/mol. The van der Waals surface area contributed by atoms with Crippen LogP contribution in [0, 0.1) is 0 Å². The normalized spacial score (nSPS) is 19.4. The first-order valence-electron chi connectivity index (χ1n) is 12.3. The van der Waals surface area contributed by atoms with E-state index in [2.05, 4.69) is 22.3 Å². The molecule has 1 saturated carbocycles. The molecule has 2 aromatic rings. The molecule has 1 aliphatic carbocycles. The number of carbonyl (C=O) groups is 1. The lowest BCUT2D eigenvalue weighted by atomic mass is 9.95. The van der Waals surface area contributed by atoms with Crippen molar-refractivity contribution in [3.8, 4) is 5.75 Å². The Balaban J connectivity index is 1.29. The minimum absolute atomic E-state index is 0.128. The average molecular weight is 486 g/mol. The number of nitrogens with one attached hydrogen (secondary N) is 1. The van der Waals surface area contributed by atoms with Gasteiger partial charge < -0.3 is 10.1 Å². The first-order valence-corrected chi connectivity index (χ1v) is 13.7. The molecule has 0 unspecified atom stereocenters. The fraction of sp³-hybridized carbons (Fsp3) is 0.500. The van der Waals surface area contributed by atoms with Crippen LogP contribution in [0.1, 0.15) is 44.6 Å². The second kappa shape index (κ2) is 11.3. The van der Waals surface area contributed by atoms with Crippen molar-refractivity contribution in [2.45, 2.75) is 62.6 Å². The van der Waals surface area contributed by atoms with E-state index < -0.39 is 16.1 Å². The van der Waals surface area contributed by atoms with Gasteiger partial charge in [0.2, 0.25) is 10.0 Å². The van der Waals surface area contributed by atoms with E-state index in [4.69, 9.17) is 4.74 Å². The van der Waals surface area contributed by atoms with Gasteiger partial charge in [0.1, 0.15) is 5.75 Å². The Morgan fingerprint density at radius 2 is 1.62 bits per heavy atom. The number of ether oxygens (including phenoxy) is 1. The number of rotatable bonds is 8. The molecule has 2 aromatic carbocycles. The Bertz CT molecular complexity index is 1030. The van der Waals surface area contributed by atoms with Crippen LogP contribution < -0.4 is 10.1 Å². The van der Waals surface area contributed by atoms with E-state index >= 15 is 0 Å². The van der Waals surface area contributed by atoms with Crippen molar-refractivity contribution >= 4 is 15.9 Å². The van der Waals surface area contributed by atoms with Gasteiger partial charge in [-0.25, -0.2) is 8.42 Å². The van der Waals surface area contributed by atoms with Gasteiger partial charge in [0.05, 0.1) is 4.90 Å². The molecule has 2 fully saturated rings. The predicted octanol–water partition coefficient (Wildman–Crippen LogP) is 3.41. The Kier molecular flexibility index (Phi) is 8.24. The van der Waals surface area contributed by atoms with Crippen molar-refractivity contribution in [2.24, 2.45) is 0 Å². The Hall–Kier alpha value is -2.42. The van der Waals surface area contributed by atoms with Crippen LogP contribution in [0.25, 0.3) is 0 Å². The second-order valence-corrected chi connectivity index (χ2v) is 11.2. The van der Waals surface area contributed by atoms with Crippen molar-refractivity contribution in [3.63, 3.8) is 0 Å². The van der Waals surface area contributed by atoms with Gasteiger partial charge in [0, 0.05) is 38.8 Å². The summed E-state index contributed by atoms with van der Waals surface area (Å²) in [6, 6.07) is 16.8. The SMILES string of the molecule is C[C@H](Oc1ccc(S(=O)(=O)N2CCN(Cc3ccccc3)CC2)cc1)C(=O)NC1CCCCC1. The summed E-state index contributed by atoms with van der Waals surface area (Å²) in [6.07, 6.45) is 4.94. The fourth-order valence-electron chi connectivity index (χ4n) is 4.63. The first kappa shape index (κ1) is 24.7. The summed E-state index contributed by atoms with van der Waals surface area (Å²) in [4.78, 5) is 15.0. The van der Waals surface area contributed by atoms with E-state index in [0.717, 1.165) is 32.2 Å². The number of hydrogen-bond acceptors (Lipinski definition) is 5. The summed E-state index contributed by atoms with van der Waals surface area (Å²) >= 11 is 0. The minimum Gasteiger partial charge on any atom is -0.481 e. The molecule has 8 heteroatoms. The van der Waals surface area contributed by atoms with Crippen LogP contribution in [0.5, 0.6) is 5.75 Å². The zero-order valence-corrected chi connectivity index (χ0v) is 20.7. The molecule has 1 atom stereocenters. The van der Waals surface area contributed by atoms with Gasteiger partial charge in [0.25, 0.3) is 5.91 Å². The molecular weight excluding hydrogens is 450 g/mol. The highest BCUT2D eigenvalue weighted by Crippen LogP contribution is 2.22. The summed E-state index contributed by atoms with van der Waals surface area (Å²) in [6.45, 7) is 4.87. The number of sulfonamides is 1. The van der Waals surface area contributed by atoms with E-state index in [0.29, 0.717) is 31.9 Å². The summed E-state index contributed by atoms with van der Waals surface area (Å²) < 4.78 is 33.6. The van der Waals surface area contributed by atoms with E-state index in [1.165, 1.54) is 12.0 Å². The lowest BCUT2D eigenvalue weighted by Crippen LogP contribution is -2.48. The number of piperazine rings is 1. The molecule has 2 aliphatic rings. The van der Waals surface area contributed by atoms with Gasteiger partial charge in [-0.1, -0.05) is 49.6 Å². The Morgan fingerprint density at radius 1 is 0.971 bits per heavy atom. The second-order valence-electron chi connectivity index (χ2n) is 9.24. The maximum Gasteiger partial charge on any atom is 0.260 e. The summed E-state index contributed by atoms with van der Waals surface area (Å²) in [5.41, 5.74) is 1.23. The topological polar surface area (TPSA) is 79.0 Å². The zero-order chi connectivity index (χ0) is 24.0. The van der Waals surface area contributed by atoms with Crippen LogP contribution in [-0.4, -0.2) is 61.9 Å². The van der Waals surface area contributed by atoms with Crippen LogP contribution in [-0.2, 0) is 21.4 Å².